The first-order valence-corrected chi connectivity index (χ1v) is 9.66. The molecule has 2 aromatic rings. The molecule has 0 saturated heterocycles. The van der Waals surface area contributed by atoms with Gasteiger partial charge in [0, 0.05) is 19.8 Å². The van der Waals surface area contributed by atoms with Gasteiger partial charge in [0.2, 0.25) is 10.0 Å². The van der Waals surface area contributed by atoms with Crippen molar-refractivity contribution in [2.45, 2.75) is 24.8 Å². The van der Waals surface area contributed by atoms with Gasteiger partial charge >= 0.3 is 5.97 Å². The van der Waals surface area contributed by atoms with Crippen molar-refractivity contribution in [2.24, 2.45) is 0 Å². The maximum atomic E-state index is 12.2. The lowest BCUT2D eigenvalue weighted by Crippen LogP contribution is -2.30. The molecule has 0 aromatic heterocycles. The van der Waals surface area contributed by atoms with Gasteiger partial charge in [0.15, 0.2) is 6.10 Å². The van der Waals surface area contributed by atoms with Gasteiger partial charge in [-0.1, -0.05) is 12.1 Å². The van der Waals surface area contributed by atoms with Gasteiger partial charge < -0.3 is 10.1 Å². The molecule has 2 aromatic carbocycles. The van der Waals surface area contributed by atoms with E-state index in [1.807, 2.05) is 19.1 Å². The van der Waals surface area contributed by atoms with Gasteiger partial charge in [0.25, 0.3) is 5.91 Å². The summed E-state index contributed by atoms with van der Waals surface area (Å²) >= 11 is 0. The van der Waals surface area contributed by atoms with E-state index in [0.717, 1.165) is 9.87 Å². The largest absolute Gasteiger partial charge is 0.449 e. The van der Waals surface area contributed by atoms with Gasteiger partial charge in [-0.15, -0.1) is 0 Å². The Morgan fingerprint density at radius 2 is 1.70 bits per heavy atom. The number of ether oxygens (including phenoxy) is 1. The van der Waals surface area contributed by atoms with E-state index in [1.165, 1.54) is 45.3 Å². The van der Waals surface area contributed by atoms with Gasteiger partial charge in [-0.25, -0.2) is 17.5 Å². The Morgan fingerprint density at radius 1 is 1.07 bits per heavy atom. The fourth-order valence-corrected chi connectivity index (χ4v) is 3.12. The maximum absolute atomic E-state index is 12.2. The number of carbonyl (C=O) groups is 2. The number of esters is 1. The van der Waals surface area contributed by atoms with E-state index in [0.29, 0.717) is 5.69 Å². The van der Waals surface area contributed by atoms with Crippen LogP contribution in [0.25, 0.3) is 0 Å². The molecular weight excluding hydrogens is 368 g/mol. The molecule has 27 heavy (non-hydrogen) atoms. The summed E-state index contributed by atoms with van der Waals surface area (Å²) in [5.74, 6) is -1.17. The lowest BCUT2D eigenvalue weighted by Gasteiger charge is -2.14. The summed E-state index contributed by atoms with van der Waals surface area (Å²) in [6.45, 7) is 3.37. The molecule has 0 aliphatic rings. The van der Waals surface area contributed by atoms with Gasteiger partial charge in [0.05, 0.1) is 10.5 Å². The van der Waals surface area contributed by atoms with Crippen LogP contribution in [0.2, 0.25) is 0 Å². The first-order valence-electron chi connectivity index (χ1n) is 8.22. The van der Waals surface area contributed by atoms with Crippen molar-refractivity contribution in [2.75, 3.05) is 19.4 Å². The van der Waals surface area contributed by atoms with E-state index in [2.05, 4.69) is 5.32 Å². The summed E-state index contributed by atoms with van der Waals surface area (Å²) in [6.07, 6.45) is -1.01. The van der Waals surface area contributed by atoms with Crippen LogP contribution in [0.15, 0.2) is 53.4 Å². The lowest BCUT2D eigenvalue weighted by atomic mass is 10.2. The highest BCUT2D eigenvalue weighted by atomic mass is 32.2. The van der Waals surface area contributed by atoms with Gasteiger partial charge in [0.1, 0.15) is 0 Å². The predicted molar refractivity (Wildman–Crippen MR) is 102 cm³/mol. The Bertz CT molecular complexity index is 937. The summed E-state index contributed by atoms with van der Waals surface area (Å²) in [7, 11) is -0.732. The second-order valence-corrected chi connectivity index (χ2v) is 8.37. The molecule has 1 amide bonds. The van der Waals surface area contributed by atoms with Crippen LogP contribution in [0.3, 0.4) is 0 Å². The number of benzene rings is 2. The standard InChI is InChI=1S/C19H22N2O5S/c1-13-6-5-7-16(12-13)20-18(22)14(2)26-19(23)15-8-10-17(11-9-15)27(24,25)21(3)4/h5-12,14H,1-4H3,(H,20,22)/t14-/m0/s1. The zero-order valence-electron chi connectivity index (χ0n) is 15.6. The van der Waals surface area contributed by atoms with Crippen LogP contribution in [0.1, 0.15) is 22.8 Å². The number of carbonyl (C=O) groups excluding carboxylic acids is 2. The van der Waals surface area contributed by atoms with Crippen molar-refractivity contribution < 1.29 is 22.7 Å². The van der Waals surface area contributed by atoms with E-state index >= 15 is 0 Å². The maximum Gasteiger partial charge on any atom is 0.338 e. The van der Waals surface area contributed by atoms with E-state index in [1.54, 1.807) is 12.1 Å². The molecule has 0 radical (unpaired) electrons. The molecule has 144 valence electrons. The highest BCUT2D eigenvalue weighted by molar-refractivity contribution is 7.89. The van der Waals surface area contributed by atoms with Crippen LogP contribution < -0.4 is 5.32 Å². The smallest absolute Gasteiger partial charge is 0.338 e. The number of rotatable bonds is 6. The molecular formula is C19H22N2O5S. The third-order valence-corrected chi connectivity index (χ3v) is 5.64. The Balaban J connectivity index is 2.02. The summed E-state index contributed by atoms with van der Waals surface area (Å²) in [4.78, 5) is 24.4. The third kappa shape index (κ3) is 5.15. The number of nitrogens with zero attached hydrogens (tertiary/aromatic N) is 1. The summed E-state index contributed by atoms with van der Waals surface area (Å²) < 4.78 is 30.3. The Hall–Kier alpha value is -2.71. The highest BCUT2D eigenvalue weighted by Crippen LogP contribution is 2.15. The molecule has 0 unspecified atom stereocenters. The second-order valence-electron chi connectivity index (χ2n) is 6.22. The zero-order valence-corrected chi connectivity index (χ0v) is 16.4. The molecule has 7 nitrogen and oxygen atoms in total. The third-order valence-electron chi connectivity index (χ3n) is 3.81. The van der Waals surface area contributed by atoms with Crippen LogP contribution in [-0.2, 0) is 19.6 Å². The molecule has 0 aliphatic carbocycles. The fraction of sp³-hybridized carbons (Fsp3) is 0.263. The minimum absolute atomic E-state index is 0.0642. The number of aryl methyl sites for hydroxylation is 1. The first-order chi connectivity index (χ1) is 12.6. The van der Waals surface area contributed by atoms with Gasteiger partial charge in [-0.05, 0) is 55.8 Å². The lowest BCUT2D eigenvalue weighted by molar-refractivity contribution is -0.123. The van der Waals surface area contributed by atoms with Crippen LogP contribution >= 0.6 is 0 Å². The van der Waals surface area contributed by atoms with Crippen molar-refractivity contribution in [1.82, 2.24) is 4.31 Å². The molecule has 0 bridgehead atoms. The molecule has 0 fully saturated rings. The molecule has 8 heteroatoms. The van der Waals surface area contributed by atoms with E-state index in [9.17, 15) is 18.0 Å². The van der Waals surface area contributed by atoms with Crippen LogP contribution in [0, 0.1) is 6.92 Å². The molecule has 1 N–H and O–H groups in total. The van der Waals surface area contributed by atoms with Crippen molar-refractivity contribution in [3.05, 3.63) is 59.7 Å². The monoisotopic (exact) mass is 390 g/mol. The Morgan fingerprint density at radius 3 is 2.26 bits per heavy atom. The van der Waals surface area contributed by atoms with Crippen molar-refractivity contribution >= 4 is 27.6 Å². The zero-order chi connectivity index (χ0) is 20.2. The Labute approximate surface area is 159 Å². The predicted octanol–water partition coefficient (Wildman–Crippen LogP) is 2.43. The quantitative estimate of drug-likeness (QED) is 0.765. The van der Waals surface area contributed by atoms with E-state index in [-0.39, 0.29) is 10.5 Å². The number of hydrogen-bond acceptors (Lipinski definition) is 5. The SMILES string of the molecule is Cc1cccc(NC(=O)[C@H](C)OC(=O)c2ccc(S(=O)(=O)N(C)C)cc2)c1. The minimum Gasteiger partial charge on any atom is -0.449 e. The van der Waals surface area contributed by atoms with Crippen molar-refractivity contribution in [1.29, 1.82) is 0 Å². The number of amides is 1. The summed E-state index contributed by atoms with van der Waals surface area (Å²) in [6, 6.07) is 12.6. The molecule has 0 spiro atoms. The highest BCUT2D eigenvalue weighted by Gasteiger charge is 2.21. The molecule has 0 heterocycles. The van der Waals surface area contributed by atoms with Crippen LogP contribution in [-0.4, -0.2) is 44.8 Å². The summed E-state index contributed by atoms with van der Waals surface area (Å²) in [5, 5.41) is 2.68. The van der Waals surface area contributed by atoms with Gasteiger partial charge in [-0.2, -0.15) is 0 Å². The van der Waals surface area contributed by atoms with Gasteiger partial charge in [-0.3, -0.25) is 4.79 Å². The number of hydrogen-bond donors (Lipinski definition) is 1. The number of nitrogens with one attached hydrogen (secondary N) is 1. The molecule has 0 saturated carbocycles. The molecule has 0 aliphatic heterocycles. The normalized spacial score (nSPS) is 12.5. The summed E-state index contributed by atoms with van der Waals surface area (Å²) in [5.41, 5.74) is 1.76. The fourth-order valence-electron chi connectivity index (χ4n) is 2.22. The molecule has 2 rings (SSSR count). The average molecular weight is 390 g/mol. The van der Waals surface area contributed by atoms with E-state index < -0.39 is 28.0 Å². The Kier molecular flexibility index (Phi) is 6.35. The van der Waals surface area contributed by atoms with Crippen LogP contribution in [0.5, 0.6) is 0 Å². The second kappa shape index (κ2) is 8.32. The molecule has 1 atom stereocenters. The number of anilines is 1. The average Bonchev–Trinajstić information content (AvgIpc) is 2.61. The minimum atomic E-state index is -3.58. The topological polar surface area (TPSA) is 92.8 Å². The van der Waals surface area contributed by atoms with Crippen molar-refractivity contribution in [3.8, 4) is 0 Å². The first kappa shape index (κ1) is 20.6. The number of sulfonamides is 1. The van der Waals surface area contributed by atoms with Crippen molar-refractivity contribution in [3.63, 3.8) is 0 Å². The van der Waals surface area contributed by atoms with E-state index in [4.69, 9.17) is 4.74 Å². The van der Waals surface area contributed by atoms with Crippen LogP contribution in [0.4, 0.5) is 5.69 Å².